The van der Waals surface area contributed by atoms with Crippen molar-refractivity contribution >= 4 is 0 Å². The van der Waals surface area contributed by atoms with Crippen LogP contribution in [0.1, 0.15) is 92.9 Å². The molecule has 5 rings (SSSR count). The second-order valence-corrected chi connectivity index (χ2v) is 15.1. The standard InChI is InChI=1S/C30H50O5/c1-25(2)13-19-18-7-8-21-26(3)11-10-22(33)27(4,16-31)20(26)9-12-28(21,5)29(18,6)15-24(35)30(19,17-32)23(34)14-25/h7,19-24,31-35H,8-17H2,1-6H3/t19-,20+,21+,22-,23-,24+,26-,27-,28+,29+,30+/m0/s1. The highest BCUT2D eigenvalue weighted by Gasteiger charge is 2.71. The fraction of sp³-hybridized carbons (Fsp3) is 0.933. The van der Waals surface area contributed by atoms with Crippen LogP contribution in [0.4, 0.5) is 0 Å². The van der Waals surface area contributed by atoms with Crippen LogP contribution in [0.25, 0.3) is 0 Å². The van der Waals surface area contributed by atoms with E-state index in [0.717, 1.165) is 38.5 Å². The predicted molar refractivity (Wildman–Crippen MR) is 136 cm³/mol. The molecule has 200 valence electrons. The molecule has 0 aromatic rings. The van der Waals surface area contributed by atoms with Crippen LogP contribution in [0, 0.1) is 50.2 Å². The van der Waals surface area contributed by atoms with Crippen LogP contribution >= 0.6 is 0 Å². The van der Waals surface area contributed by atoms with Crippen molar-refractivity contribution in [1.82, 2.24) is 0 Å². The minimum absolute atomic E-state index is 0.0105. The van der Waals surface area contributed by atoms with Crippen LogP contribution in [-0.2, 0) is 0 Å². The Morgan fingerprint density at radius 2 is 1.43 bits per heavy atom. The zero-order valence-electron chi connectivity index (χ0n) is 22.8. The van der Waals surface area contributed by atoms with Gasteiger partial charge < -0.3 is 25.5 Å². The summed E-state index contributed by atoms with van der Waals surface area (Å²) in [4.78, 5) is 0. The molecular weight excluding hydrogens is 440 g/mol. The zero-order chi connectivity index (χ0) is 25.8. The zero-order valence-corrected chi connectivity index (χ0v) is 22.8. The van der Waals surface area contributed by atoms with Gasteiger partial charge in [-0.05, 0) is 90.8 Å². The molecule has 0 heterocycles. The van der Waals surface area contributed by atoms with Crippen molar-refractivity contribution in [1.29, 1.82) is 0 Å². The lowest BCUT2D eigenvalue weighted by atomic mass is 9.33. The number of hydrogen-bond acceptors (Lipinski definition) is 5. The Morgan fingerprint density at radius 3 is 2.06 bits per heavy atom. The fourth-order valence-electron chi connectivity index (χ4n) is 11.0. The molecule has 0 spiro atoms. The molecule has 11 atom stereocenters. The molecule has 5 aliphatic carbocycles. The van der Waals surface area contributed by atoms with Crippen LogP contribution in [0.15, 0.2) is 11.6 Å². The van der Waals surface area contributed by atoms with Gasteiger partial charge in [-0.2, -0.15) is 0 Å². The highest BCUT2D eigenvalue weighted by atomic mass is 16.3. The average molecular weight is 491 g/mol. The van der Waals surface area contributed by atoms with Crippen molar-refractivity contribution < 1.29 is 25.5 Å². The summed E-state index contributed by atoms with van der Waals surface area (Å²) in [6.45, 7) is 13.5. The molecule has 0 amide bonds. The number of fused-ring (bicyclic) bond motifs is 7. The second kappa shape index (κ2) is 7.79. The molecule has 4 fully saturated rings. The summed E-state index contributed by atoms with van der Waals surface area (Å²) >= 11 is 0. The predicted octanol–water partition coefficient (Wildman–Crippen LogP) is 4.06. The summed E-state index contributed by atoms with van der Waals surface area (Å²) in [6, 6.07) is 0. The maximum Gasteiger partial charge on any atom is 0.0657 e. The molecule has 0 aromatic carbocycles. The molecular formula is C30H50O5. The largest absolute Gasteiger partial charge is 0.396 e. The van der Waals surface area contributed by atoms with Crippen LogP contribution in [-0.4, -0.2) is 57.1 Å². The normalized spacial score (nSPS) is 57.3. The SMILES string of the molecule is CC1(C)C[C@H](O)[C@]2(CO)[C@H](O)C[C@]3(C)C(=CC[C@@H]4[C@@]5(C)CC[C@H](O)[C@@](C)(CO)[C@@H]5CC[C@]43C)[C@@H]2C1. The monoisotopic (exact) mass is 490 g/mol. The fourth-order valence-corrected chi connectivity index (χ4v) is 11.0. The van der Waals surface area contributed by atoms with Gasteiger partial charge in [-0.3, -0.25) is 0 Å². The summed E-state index contributed by atoms with van der Waals surface area (Å²) in [6.07, 6.45) is 7.18. The summed E-state index contributed by atoms with van der Waals surface area (Å²) in [5.41, 5.74) is -0.279. The van der Waals surface area contributed by atoms with E-state index in [1.807, 2.05) is 0 Å². The van der Waals surface area contributed by atoms with E-state index in [1.165, 1.54) is 5.57 Å². The molecule has 35 heavy (non-hydrogen) atoms. The number of allylic oxidation sites excluding steroid dienone is 2. The summed E-state index contributed by atoms with van der Waals surface area (Å²) in [5.74, 6) is 0.635. The Labute approximate surface area is 212 Å². The van der Waals surface area contributed by atoms with Gasteiger partial charge in [0.25, 0.3) is 0 Å². The maximum absolute atomic E-state index is 11.7. The van der Waals surface area contributed by atoms with Crippen molar-refractivity contribution in [2.75, 3.05) is 13.2 Å². The first-order valence-corrected chi connectivity index (χ1v) is 14.1. The first kappa shape index (κ1) is 26.2. The molecule has 5 nitrogen and oxygen atoms in total. The maximum atomic E-state index is 11.7. The number of rotatable bonds is 2. The third-order valence-electron chi connectivity index (χ3n) is 13.3. The quantitative estimate of drug-likeness (QED) is 0.376. The summed E-state index contributed by atoms with van der Waals surface area (Å²) in [7, 11) is 0. The van der Waals surface area contributed by atoms with Crippen molar-refractivity contribution in [3.8, 4) is 0 Å². The summed E-state index contributed by atoms with van der Waals surface area (Å²) < 4.78 is 0. The van der Waals surface area contributed by atoms with E-state index in [0.29, 0.717) is 18.8 Å². The van der Waals surface area contributed by atoms with Gasteiger partial charge in [-0.1, -0.05) is 53.2 Å². The molecule has 5 N–H and O–H groups in total. The summed E-state index contributed by atoms with van der Waals surface area (Å²) in [5, 5.41) is 55.1. The van der Waals surface area contributed by atoms with E-state index in [-0.39, 0.29) is 46.7 Å². The number of aliphatic hydroxyl groups is 5. The smallest absolute Gasteiger partial charge is 0.0657 e. The Bertz CT molecular complexity index is 899. The molecule has 5 aliphatic rings. The van der Waals surface area contributed by atoms with Crippen molar-refractivity contribution in [2.24, 2.45) is 50.2 Å². The average Bonchev–Trinajstić information content (AvgIpc) is 2.76. The molecule has 0 bridgehead atoms. The lowest BCUT2D eigenvalue weighted by Gasteiger charge is -2.72. The van der Waals surface area contributed by atoms with Gasteiger partial charge in [0.2, 0.25) is 0 Å². The van der Waals surface area contributed by atoms with Gasteiger partial charge in [0.05, 0.1) is 36.9 Å². The van der Waals surface area contributed by atoms with E-state index in [4.69, 9.17) is 0 Å². The highest BCUT2D eigenvalue weighted by molar-refractivity contribution is 5.35. The first-order chi connectivity index (χ1) is 16.2. The van der Waals surface area contributed by atoms with Crippen LogP contribution in [0.5, 0.6) is 0 Å². The topological polar surface area (TPSA) is 101 Å². The number of hydrogen-bond donors (Lipinski definition) is 5. The number of aliphatic hydroxyl groups excluding tert-OH is 5. The minimum atomic E-state index is -0.879. The Balaban J connectivity index is 1.62. The van der Waals surface area contributed by atoms with E-state index in [9.17, 15) is 25.5 Å². The van der Waals surface area contributed by atoms with E-state index in [2.05, 4.69) is 47.6 Å². The second-order valence-electron chi connectivity index (χ2n) is 15.1. The Morgan fingerprint density at radius 1 is 0.771 bits per heavy atom. The highest BCUT2D eigenvalue weighted by Crippen LogP contribution is 2.75. The van der Waals surface area contributed by atoms with Gasteiger partial charge in [0.15, 0.2) is 0 Å². The van der Waals surface area contributed by atoms with Gasteiger partial charge in [0, 0.05) is 5.41 Å². The van der Waals surface area contributed by atoms with Gasteiger partial charge >= 0.3 is 0 Å². The van der Waals surface area contributed by atoms with E-state index in [1.54, 1.807) is 0 Å². The molecule has 0 aromatic heterocycles. The first-order valence-electron chi connectivity index (χ1n) is 14.1. The van der Waals surface area contributed by atoms with Crippen molar-refractivity contribution in [3.63, 3.8) is 0 Å². The third kappa shape index (κ3) is 3.05. The molecule has 5 heteroatoms. The van der Waals surface area contributed by atoms with Gasteiger partial charge in [-0.25, -0.2) is 0 Å². The van der Waals surface area contributed by atoms with E-state index < -0.39 is 29.1 Å². The lowest BCUT2D eigenvalue weighted by Crippen LogP contribution is -2.69. The Hall–Kier alpha value is -0.460. The Kier molecular flexibility index (Phi) is 5.82. The van der Waals surface area contributed by atoms with E-state index >= 15 is 0 Å². The van der Waals surface area contributed by atoms with Crippen LogP contribution in [0.3, 0.4) is 0 Å². The van der Waals surface area contributed by atoms with Gasteiger partial charge in [-0.15, -0.1) is 0 Å². The van der Waals surface area contributed by atoms with Crippen molar-refractivity contribution in [2.45, 2.75) is 111 Å². The molecule has 0 aliphatic heterocycles. The molecule has 0 radical (unpaired) electrons. The van der Waals surface area contributed by atoms with Crippen molar-refractivity contribution in [3.05, 3.63) is 11.6 Å². The third-order valence-corrected chi connectivity index (χ3v) is 13.3. The minimum Gasteiger partial charge on any atom is -0.396 e. The molecule has 0 saturated heterocycles. The molecule has 4 saturated carbocycles. The van der Waals surface area contributed by atoms with Crippen LogP contribution < -0.4 is 0 Å². The molecule has 0 unspecified atom stereocenters. The van der Waals surface area contributed by atoms with Gasteiger partial charge in [0.1, 0.15) is 0 Å². The lowest BCUT2D eigenvalue weighted by molar-refractivity contribution is -0.240. The van der Waals surface area contributed by atoms with Crippen LogP contribution in [0.2, 0.25) is 0 Å².